The van der Waals surface area contributed by atoms with Gasteiger partial charge in [0.1, 0.15) is 11.6 Å². The fraction of sp³-hybridized carbons (Fsp3) is 0.150. The average Bonchev–Trinajstić information content (AvgIpc) is 3.24. The van der Waals surface area contributed by atoms with Gasteiger partial charge in [-0.25, -0.2) is 9.78 Å². The zero-order valence-electron chi connectivity index (χ0n) is 16.4. The van der Waals surface area contributed by atoms with E-state index in [1.165, 1.54) is 12.1 Å². The van der Waals surface area contributed by atoms with Gasteiger partial charge in [-0.05, 0) is 42.5 Å². The number of carboxylic acid groups (broad SMARTS) is 1. The van der Waals surface area contributed by atoms with Crippen LogP contribution in [0.5, 0.6) is 5.75 Å². The Morgan fingerprint density at radius 1 is 1.13 bits per heavy atom. The van der Waals surface area contributed by atoms with E-state index in [2.05, 4.69) is 25.8 Å². The van der Waals surface area contributed by atoms with Gasteiger partial charge in [-0.3, -0.25) is 14.7 Å². The fourth-order valence-electron chi connectivity index (χ4n) is 2.49. The Bertz CT molecular complexity index is 1080. The van der Waals surface area contributed by atoms with Crippen molar-refractivity contribution in [2.45, 2.75) is 11.7 Å². The quantitative estimate of drug-likeness (QED) is 0.370. The Kier molecular flexibility index (Phi) is 7.22. The second-order valence-corrected chi connectivity index (χ2v) is 7.14. The number of hydrogen-bond acceptors (Lipinski definition) is 7. The Morgan fingerprint density at radius 2 is 1.90 bits per heavy atom. The molecule has 2 aromatic carbocycles. The number of aromatic nitrogens is 3. The van der Waals surface area contributed by atoms with E-state index in [1.54, 1.807) is 43.5 Å². The summed E-state index contributed by atoms with van der Waals surface area (Å²) in [6.07, 6.45) is 0. The average molecular weight is 441 g/mol. The number of carboxylic acids is 1. The summed E-state index contributed by atoms with van der Waals surface area (Å²) in [5.74, 6) is -0.529. The van der Waals surface area contributed by atoms with Crippen LogP contribution in [0.1, 0.15) is 26.5 Å². The maximum Gasteiger partial charge on any atom is 0.335 e. The molecule has 10 nitrogen and oxygen atoms in total. The van der Waals surface area contributed by atoms with E-state index in [4.69, 9.17) is 9.84 Å². The summed E-state index contributed by atoms with van der Waals surface area (Å²) in [5, 5.41) is 21.4. The van der Waals surface area contributed by atoms with Crippen LogP contribution in [-0.4, -0.2) is 50.9 Å². The first-order chi connectivity index (χ1) is 14.9. The molecule has 0 aliphatic rings. The van der Waals surface area contributed by atoms with Gasteiger partial charge in [0.2, 0.25) is 11.1 Å². The van der Waals surface area contributed by atoms with E-state index in [0.717, 1.165) is 11.8 Å². The molecule has 160 valence electrons. The van der Waals surface area contributed by atoms with E-state index in [0.29, 0.717) is 28.0 Å². The van der Waals surface area contributed by atoms with Gasteiger partial charge in [0.15, 0.2) is 0 Å². The van der Waals surface area contributed by atoms with Crippen molar-refractivity contribution in [3.8, 4) is 5.75 Å². The summed E-state index contributed by atoms with van der Waals surface area (Å²) in [5.41, 5.74) is 0.960. The molecule has 3 aromatic rings. The lowest BCUT2D eigenvalue weighted by Gasteiger charge is -2.05. The van der Waals surface area contributed by atoms with Crippen LogP contribution >= 0.6 is 11.8 Å². The Labute approximate surface area is 181 Å². The number of methoxy groups -OCH3 is 1. The highest BCUT2D eigenvalue weighted by molar-refractivity contribution is 7.99. The van der Waals surface area contributed by atoms with Crippen LogP contribution in [0, 0.1) is 0 Å². The van der Waals surface area contributed by atoms with Crippen LogP contribution in [0.25, 0.3) is 0 Å². The summed E-state index contributed by atoms with van der Waals surface area (Å²) in [4.78, 5) is 39.5. The second kappa shape index (κ2) is 10.3. The highest BCUT2D eigenvalue weighted by Gasteiger charge is 2.11. The highest BCUT2D eigenvalue weighted by Crippen LogP contribution is 2.15. The standard InChI is InChI=1S/C20H19N5O5S/c1-30-15-7-5-12(6-8-15)18(27)21-10-16-23-20(25-24-16)31-11-17(26)22-14-4-2-3-13(9-14)19(28)29/h2-9H,10-11H2,1H3,(H,21,27)(H,22,26)(H,28,29)(H,23,24,25). The minimum absolute atomic E-state index is 0.0345. The van der Waals surface area contributed by atoms with Crippen molar-refractivity contribution in [3.05, 3.63) is 65.5 Å². The predicted molar refractivity (Wildman–Crippen MR) is 113 cm³/mol. The highest BCUT2D eigenvalue weighted by atomic mass is 32.2. The fourth-order valence-corrected chi connectivity index (χ4v) is 3.10. The predicted octanol–water partition coefficient (Wildman–Crippen LogP) is 2.17. The van der Waals surface area contributed by atoms with Gasteiger partial charge in [-0.2, -0.15) is 0 Å². The third-order valence-corrected chi connectivity index (χ3v) is 4.85. The Morgan fingerprint density at radius 3 is 2.61 bits per heavy atom. The number of amides is 2. The number of ether oxygens (including phenoxy) is 1. The number of nitrogens with one attached hydrogen (secondary N) is 3. The molecule has 3 rings (SSSR count). The summed E-state index contributed by atoms with van der Waals surface area (Å²) >= 11 is 1.11. The number of aromatic amines is 1. The topological polar surface area (TPSA) is 146 Å². The number of carbonyl (C=O) groups excluding carboxylic acids is 2. The maximum atomic E-state index is 12.2. The van der Waals surface area contributed by atoms with E-state index in [1.807, 2.05) is 0 Å². The first kappa shape index (κ1) is 21.8. The molecule has 0 aliphatic carbocycles. The lowest BCUT2D eigenvalue weighted by atomic mass is 10.2. The van der Waals surface area contributed by atoms with Gasteiger partial charge < -0.3 is 20.5 Å². The van der Waals surface area contributed by atoms with E-state index < -0.39 is 5.97 Å². The molecule has 0 spiro atoms. The molecule has 1 heterocycles. The number of thioether (sulfide) groups is 1. The van der Waals surface area contributed by atoms with Crippen LogP contribution in [-0.2, 0) is 11.3 Å². The van der Waals surface area contributed by atoms with E-state index in [9.17, 15) is 14.4 Å². The molecule has 0 saturated heterocycles. The van der Waals surface area contributed by atoms with Crippen LogP contribution in [0.3, 0.4) is 0 Å². The number of carbonyl (C=O) groups is 3. The Balaban J connectivity index is 1.46. The minimum atomic E-state index is -1.07. The smallest absolute Gasteiger partial charge is 0.335 e. The summed E-state index contributed by atoms with van der Waals surface area (Å²) in [6.45, 7) is 0.145. The first-order valence-corrected chi connectivity index (χ1v) is 10.0. The van der Waals surface area contributed by atoms with Gasteiger partial charge in [0.05, 0.1) is 25.0 Å². The molecule has 0 aliphatic heterocycles. The minimum Gasteiger partial charge on any atom is -0.497 e. The molecule has 2 amide bonds. The molecule has 0 radical (unpaired) electrons. The number of H-pyrrole nitrogens is 1. The van der Waals surface area contributed by atoms with E-state index >= 15 is 0 Å². The van der Waals surface area contributed by atoms with Gasteiger partial charge >= 0.3 is 5.97 Å². The molecule has 0 saturated carbocycles. The number of nitrogens with zero attached hydrogens (tertiary/aromatic N) is 2. The summed E-state index contributed by atoms with van der Waals surface area (Å²) in [6, 6.07) is 12.7. The third-order valence-electron chi connectivity index (χ3n) is 4.01. The van der Waals surface area contributed by atoms with Crippen LogP contribution in [0.4, 0.5) is 5.69 Å². The van der Waals surface area contributed by atoms with Gasteiger partial charge in [-0.15, -0.1) is 5.10 Å². The molecular weight excluding hydrogens is 422 g/mol. The largest absolute Gasteiger partial charge is 0.497 e. The SMILES string of the molecule is COc1ccc(C(=O)NCc2nc(SCC(=O)Nc3cccc(C(=O)O)c3)n[nH]2)cc1. The lowest BCUT2D eigenvalue weighted by Crippen LogP contribution is -2.23. The molecule has 0 unspecified atom stereocenters. The van der Waals surface area contributed by atoms with Crippen molar-refractivity contribution < 1.29 is 24.2 Å². The monoisotopic (exact) mass is 441 g/mol. The molecule has 0 atom stereocenters. The van der Waals surface area contributed by atoms with Gasteiger partial charge in [0, 0.05) is 11.3 Å². The normalized spacial score (nSPS) is 10.4. The van der Waals surface area contributed by atoms with Crippen molar-refractivity contribution >= 4 is 35.2 Å². The summed E-state index contributed by atoms with van der Waals surface area (Å²) in [7, 11) is 1.55. The van der Waals surface area contributed by atoms with Gasteiger partial charge in [-0.1, -0.05) is 17.8 Å². The Hall–Kier alpha value is -3.86. The molecule has 0 bridgehead atoms. The number of benzene rings is 2. The zero-order valence-corrected chi connectivity index (χ0v) is 17.2. The van der Waals surface area contributed by atoms with Gasteiger partial charge in [0.25, 0.3) is 5.91 Å². The molecular formula is C20H19N5O5S. The lowest BCUT2D eigenvalue weighted by molar-refractivity contribution is -0.113. The second-order valence-electron chi connectivity index (χ2n) is 6.20. The molecule has 0 fully saturated rings. The number of hydrogen-bond donors (Lipinski definition) is 4. The molecule has 31 heavy (non-hydrogen) atoms. The molecule has 11 heteroatoms. The number of aromatic carboxylic acids is 1. The maximum absolute atomic E-state index is 12.2. The zero-order chi connectivity index (χ0) is 22.2. The van der Waals surface area contributed by atoms with E-state index in [-0.39, 0.29) is 29.7 Å². The first-order valence-electron chi connectivity index (χ1n) is 9.04. The number of rotatable bonds is 9. The van der Waals surface area contributed by atoms with Crippen LogP contribution in [0.2, 0.25) is 0 Å². The van der Waals surface area contributed by atoms with Crippen molar-refractivity contribution in [1.82, 2.24) is 20.5 Å². The van der Waals surface area contributed by atoms with Crippen molar-refractivity contribution in [2.24, 2.45) is 0 Å². The molecule has 4 N–H and O–H groups in total. The summed E-state index contributed by atoms with van der Waals surface area (Å²) < 4.78 is 5.06. The van der Waals surface area contributed by atoms with Crippen molar-refractivity contribution in [3.63, 3.8) is 0 Å². The van der Waals surface area contributed by atoms with Crippen LogP contribution in [0.15, 0.2) is 53.7 Å². The van der Waals surface area contributed by atoms with Crippen LogP contribution < -0.4 is 15.4 Å². The molecule has 1 aromatic heterocycles. The van der Waals surface area contributed by atoms with Crippen molar-refractivity contribution in [1.29, 1.82) is 0 Å². The third kappa shape index (κ3) is 6.31. The van der Waals surface area contributed by atoms with Crippen molar-refractivity contribution in [2.75, 3.05) is 18.2 Å². The number of anilines is 1.